The fourth-order valence-electron chi connectivity index (χ4n) is 4.21. The van der Waals surface area contributed by atoms with Crippen molar-refractivity contribution in [1.29, 1.82) is 0 Å². The highest BCUT2D eigenvalue weighted by atomic mass is 16.5. The lowest BCUT2D eigenvalue weighted by Gasteiger charge is -2.51. The number of hydrogen-bond donors (Lipinski definition) is 1. The average Bonchev–Trinajstić information content (AvgIpc) is 2.42. The Labute approximate surface area is 117 Å². The number of morpholine rings is 1. The Morgan fingerprint density at radius 1 is 1.11 bits per heavy atom. The van der Waals surface area contributed by atoms with E-state index in [1.807, 2.05) is 0 Å². The molecule has 0 amide bonds. The van der Waals surface area contributed by atoms with Crippen LogP contribution < -0.4 is 5.73 Å². The van der Waals surface area contributed by atoms with Gasteiger partial charge in [0.15, 0.2) is 0 Å². The summed E-state index contributed by atoms with van der Waals surface area (Å²) in [6.45, 7) is 15.5. The molecule has 0 aromatic heterocycles. The molecule has 0 aromatic rings. The van der Waals surface area contributed by atoms with Crippen LogP contribution >= 0.6 is 0 Å². The van der Waals surface area contributed by atoms with Gasteiger partial charge in [-0.05, 0) is 48.0 Å². The number of hydrogen-bond acceptors (Lipinski definition) is 4. The predicted molar refractivity (Wildman–Crippen MR) is 77.2 cm³/mol. The molecule has 2 N–H and O–H groups in total. The first-order valence-corrected chi connectivity index (χ1v) is 7.43. The van der Waals surface area contributed by atoms with E-state index < -0.39 is 0 Å². The minimum Gasteiger partial charge on any atom is -0.373 e. The monoisotopic (exact) mass is 270 g/mol. The molecule has 4 heteroatoms. The summed E-state index contributed by atoms with van der Waals surface area (Å²) in [4.78, 5) is 2.51. The SMILES string of the molecule is C[C@@H]1CN(C2(CN)CC(C)(C)OC2(C)C)C[C@H](C)O1. The molecule has 3 atom stereocenters. The molecule has 2 saturated heterocycles. The van der Waals surface area contributed by atoms with Gasteiger partial charge in [0.05, 0.1) is 28.9 Å². The van der Waals surface area contributed by atoms with Gasteiger partial charge in [0, 0.05) is 19.6 Å². The summed E-state index contributed by atoms with van der Waals surface area (Å²) in [7, 11) is 0. The van der Waals surface area contributed by atoms with E-state index >= 15 is 0 Å². The Bertz CT molecular complexity index is 333. The summed E-state index contributed by atoms with van der Waals surface area (Å²) < 4.78 is 12.2. The second-order valence-electron chi connectivity index (χ2n) is 7.45. The lowest BCUT2D eigenvalue weighted by molar-refractivity contribution is -0.143. The summed E-state index contributed by atoms with van der Waals surface area (Å²) in [6, 6.07) is 0. The molecule has 2 aliphatic rings. The van der Waals surface area contributed by atoms with Crippen LogP contribution in [0.1, 0.15) is 48.0 Å². The van der Waals surface area contributed by atoms with Gasteiger partial charge in [-0.3, -0.25) is 4.90 Å². The highest BCUT2D eigenvalue weighted by Gasteiger charge is 2.59. The maximum Gasteiger partial charge on any atom is 0.0830 e. The van der Waals surface area contributed by atoms with Gasteiger partial charge in [0.25, 0.3) is 0 Å². The molecule has 112 valence electrons. The zero-order chi connectivity index (χ0) is 14.5. The Morgan fingerprint density at radius 3 is 2.00 bits per heavy atom. The first-order chi connectivity index (χ1) is 8.62. The number of nitrogens with two attached hydrogens (primary N) is 1. The van der Waals surface area contributed by atoms with Gasteiger partial charge in [-0.25, -0.2) is 0 Å². The third-order valence-electron chi connectivity index (χ3n) is 4.73. The molecule has 0 aromatic carbocycles. The standard InChI is InChI=1S/C15H30N2O2/c1-11-7-17(8-12(2)18-11)15(10-16)9-13(3,4)19-14(15,5)6/h11-12H,7-10,16H2,1-6H3/t11-,12+,15?. The van der Waals surface area contributed by atoms with E-state index in [0.717, 1.165) is 19.5 Å². The molecule has 2 rings (SSSR count). The topological polar surface area (TPSA) is 47.7 Å². The fraction of sp³-hybridized carbons (Fsp3) is 1.00. The van der Waals surface area contributed by atoms with E-state index in [-0.39, 0.29) is 28.9 Å². The molecule has 0 spiro atoms. The van der Waals surface area contributed by atoms with E-state index in [2.05, 4.69) is 46.4 Å². The fourth-order valence-corrected chi connectivity index (χ4v) is 4.21. The number of rotatable bonds is 2. The van der Waals surface area contributed by atoms with Crippen molar-refractivity contribution in [3.05, 3.63) is 0 Å². The minimum absolute atomic E-state index is 0.0944. The first-order valence-electron chi connectivity index (χ1n) is 7.43. The van der Waals surface area contributed by atoms with Crippen LogP contribution in [0.15, 0.2) is 0 Å². The molecule has 0 aliphatic carbocycles. The zero-order valence-electron chi connectivity index (χ0n) is 13.3. The van der Waals surface area contributed by atoms with Crippen molar-refractivity contribution in [2.75, 3.05) is 19.6 Å². The molecule has 19 heavy (non-hydrogen) atoms. The Kier molecular flexibility index (Phi) is 3.76. The average molecular weight is 270 g/mol. The maximum atomic E-state index is 6.30. The third kappa shape index (κ3) is 2.56. The molecule has 0 radical (unpaired) electrons. The van der Waals surface area contributed by atoms with Gasteiger partial charge >= 0.3 is 0 Å². The van der Waals surface area contributed by atoms with E-state index in [4.69, 9.17) is 15.2 Å². The van der Waals surface area contributed by atoms with E-state index in [0.29, 0.717) is 6.54 Å². The molecular formula is C15H30N2O2. The Morgan fingerprint density at radius 2 is 1.63 bits per heavy atom. The summed E-state index contributed by atoms with van der Waals surface area (Å²) >= 11 is 0. The van der Waals surface area contributed by atoms with Crippen molar-refractivity contribution in [3.8, 4) is 0 Å². The van der Waals surface area contributed by atoms with Crippen LogP contribution in [0.5, 0.6) is 0 Å². The van der Waals surface area contributed by atoms with Gasteiger partial charge in [-0.2, -0.15) is 0 Å². The van der Waals surface area contributed by atoms with Crippen LogP contribution in [0.2, 0.25) is 0 Å². The van der Waals surface area contributed by atoms with Crippen LogP contribution in [-0.2, 0) is 9.47 Å². The molecule has 2 fully saturated rings. The maximum absolute atomic E-state index is 6.30. The molecule has 0 saturated carbocycles. The predicted octanol–water partition coefficient (Wildman–Crippen LogP) is 1.77. The highest BCUT2D eigenvalue weighted by Crippen LogP contribution is 2.48. The van der Waals surface area contributed by atoms with Gasteiger partial charge in [-0.1, -0.05) is 0 Å². The van der Waals surface area contributed by atoms with Crippen molar-refractivity contribution in [1.82, 2.24) is 4.90 Å². The minimum atomic E-state index is -0.234. The van der Waals surface area contributed by atoms with Crippen molar-refractivity contribution in [2.45, 2.75) is 76.9 Å². The van der Waals surface area contributed by atoms with Crippen LogP contribution in [0, 0.1) is 0 Å². The van der Waals surface area contributed by atoms with Crippen molar-refractivity contribution in [2.24, 2.45) is 5.73 Å². The van der Waals surface area contributed by atoms with E-state index in [1.165, 1.54) is 0 Å². The zero-order valence-corrected chi connectivity index (χ0v) is 13.3. The molecular weight excluding hydrogens is 240 g/mol. The Hall–Kier alpha value is -0.160. The number of nitrogens with zero attached hydrogens (tertiary/aromatic N) is 1. The van der Waals surface area contributed by atoms with Gasteiger partial charge < -0.3 is 15.2 Å². The lowest BCUT2D eigenvalue weighted by atomic mass is 9.77. The van der Waals surface area contributed by atoms with Crippen LogP contribution in [0.4, 0.5) is 0 Å². The van der Waals surface area contributed by atoms with Crippen molar-refractivity contribution in [3.63, 3.8) is 0 Å². The lowest BCUT2D eigenvalue weighted by Crippen LogP contribution is -2.67. The van der Waals surface area contributed by atoms with Crippen LogP contribution in [0.3, 0.4) is 0 Å². The molecule has 1 unspecified atom stereocenters. The molecule has 2 heterocycles. The summed E-state index contributed by atoms with van der Waals surface area (Å²) in [5.74, 6) is 0. The smallest absolute Gasteiger partial charge is 0.0830 e. The second kappa shape index (κ2) is 4.69. The summed E-state index contributed by atoms with van der Waals surface area (Å²) in [6.07, 6.45) is 1.49. The van der Waals surface area contributed by atoms with Crippen molar-refractivity contribution < 1.29 is 9.47 Å². The largest absolute Gasteiger partial charge is 0.373 e. The normalized spacial score (nSPS) is 42.5. The second-order valence-corrected chi connectivity index (χ2v) is 7.45. The van der Waals surface area contributed by atoms with E-state index in [9.17, 15) is 0 Å². The van der Waals surface area contributed by atoms with Crippen molar-refractivity contribution >= 4 is 0 Å². The molecule has 2 aliphatic heterocycles. The third-order valence-corrected chi connectivity index (χ3v) is 4.73. The van der Waals surface area contributed by atoms with Gasteiger partial charge in [-0.15, -0.1) is 0 Å². The van der Waals surface area contributed by atoms with Gasteiger partial charge in [0.1, 0.15) is 0 Å². The van der Waals surface area contributed by atoms with E-state index in [1.54, 1.807) is 0 Å². The quantitative estimate of drug-likeness (QED) is 0.831. The highest BCUT2D eigenvalue weighted by molar-refractivity contribution is 5.14. The Balaban J connectivity index is 2.32. The first kappa shape index (κ1) is 15.2. The molecule has 4 nitrogen and oxygen atoms in total. The van der Waals surface area contributed by atoms with Crippen LogP contribution in [0.25, 0.3) is 0 Å². The summed E-state index contributed by atoms with van der Waals surface area (Å²) in [5.41, 5.74) is 5.78. The number of ether oxygens (including phenoxy) is 2. The van der Waals surface area contributed by atoms with Gasteiger partial charge in [0.2, 0.25) is 0 Å². The molecule has 0 bridgehead atoms. The summed E-state index contributed by atoms with van der Waals surface area (Å²) in [5, 5.41) is 0. The van der Waals surface area contributed by atoms with Crippen LogP contribution in [-0.4, -0.2) is 53.5 Å².